The number of rotatable bonds is 1. The number of ether oxygens (including phenoxy) is 2. The summed E-state index contributed by atoms with van der Waals surface area (Å²) >= 11 is 0. The molecule has 1 rings (SSSR count). The molecule has 1 amide bonds. The van der Waals surface area contributed by atoms with Crippen LogP contribution in [-0.2, 0) is 14.3 Å². The van der Waals surface area contributed by atoms with Crippen LogP contribution in [0.4, 0.5) is 4.79 Å². The van der Waals surface area contributed by atoms with Gasteiger partial charge in [-0.05, 0) is 27.7 Å². The third-order valence-corrected chi connectivity index (χ3v) is 2.98. The summed E-state index contributed by atoms with van der Waals surface area (Å²) < 4.78 is 9.99. The monoisotopic (exact) mass is 258 g/mol. The molecule has 1 saturated heterocycles. The number of likely N-dealkylation sites (tertiary alicyclic amines) is 1. The molecule has 2 N–H and O–H groups in total. The Morgan fingerprint density at radius 1 is 1.33 bits per heavy atom. The lowest BCUT2D eigenvalue weighted by Crippen LogP contribution is -2.41. The third-order valence-electron chi connectivity index (χ3n) is 2.98. The molecule has 0 spiro atoms. The van der Waals surface area contributed by atoms with Crippen LogP contribution in [0.15, 0.2) is 0 Å². The smallest absolute Gasteiger partial charge is 0.410 e. The van der Waals surface area contributed by atoms with Gasteiger partial charge in [-0.1, -0.05) is 0 Å². The van der Waals surface area contributed by atoms with E-state index in [1.54, 1.807) is 27.7 Å². The van der Waals surface area contributed by atoms with Crippen molar-refractivity contribution in [3.05, 3.63) is 0 Å². The number of carbonyl (C=O) groups is 2. The van der Waals surface area contributed by atoms with E-state index in [0.29, 0.717) is 6.54 Å². The van der Waals surface area contributed by atoms with Crippen LogP contribution in [-0.4, -0.2) is 48.3 Å². The lowest BCUT2D eigenvalue weighted by molar-refractivity contribution is -0.146. The Morgan fingerprint density at radius 2 is 1.89 bits per heavy atom. The summed E-state index contributed by atoms with van der Waals surface area (Å²) in [6.07, 6.45) is -0.447. The highest BCUT2D eigenvalue weighted by molar-refractivity contribution is 5.77. The van der Waals surface area contributed by atoms with Crippen molar-refractivity contribution in [1.82, 2.24) is 4.90 Å². The molecule has 18 heavy (non-hydrogen) atoms. The topological polar surface area (TPSA) is 81.9 Å². The minimum atomic E-state index is -0.565. The molecule has 3 unspecified atom stereocenters. The van der Waals surface area contributed by atoms with E-state index in [9.17, 15) is 9.59 Å². The maximum Gasteiger partial charge on any atom is 0.410 e. The highest BCUT2D eigenvalue weighted by Gasteiger charge is 2.45. The van der Waals surface area contributed by atoms with Gasteiger partial charge < -0.3 is 20.1 Å². The van der Waals surface area contributed by atoms with Crippen molar-refractivity contribution in [2.24, 2.45) is 11.7 Å². The van der Waals surface area contributed by atoms with E-state index < -0.39 is 23.7 Å². The van der Waals surface area contributed by atoms with Gasteiger partial charge in [-0.25, -0.2) is 4.79 Å². The molecule has 0 aromatic rings. The van der Waals surface area contributed by atoms with E-state index in [0.717, 1.165) is 0 Å². The van der Waals surface area contributed by atoms with E-state index in [1.165, 1.54) is 12.0 Å². The molecule has 0 radical (unpaired) electrons. The van der Waals surface area contributed by atoms with E-state index in [-0.39, 0.29) is 12.0 Å². The fourth-order valence-corrected chi connectivity index (χ4v) is 2.13. The Kier molecular flexibility index (Phi) is 4.21. The summed E-state index contributed by atoms with van der Waals surface area (Å²) in [6, 6.07) is -0.734. The number of nitrogens with zero attached hydrogens (tertiary/aromatic N) is 1. The van der Waals surface area contributed by atoms with Gasteiger partial charge in [0, 0.05) is 18.6 Å². The number of hydrogen-bond acceptors (Lipinski definition) is 5. The number of esters is 1. The van der Waals surface area contributed by atoms with Crippen molar-refractivity contribution in [2.45, 2.75) is 45.4 Å². The van der Waals surface area contributed by atoms with Crippen LogP contribution in [0.2, 0.25) is 0 Å². The van der Waals surface area contributed by atoms with Crippen molar-refractivity contribution in [1.29, 1.82) is 0 Å². The fourth-order valence-electron chi connectivity index (χ4n) is 2.13. The zero-order chi connectivity index (χ0) is 14.1. The van der Waals surface area contributed by atoms with Crippen molar-refractivity contribution < 1.29 is 19.1 Å². The molecule has 1 heterocycles. The summed E-state index contributed by atoms with van der Waals surface area (Å²) in [6.45, 7) is 7.46. The summed E-state index contributed by atoms with van der Waals surface area (Å²) in [5.74, 6) is -0.886. The Hall–Kier alpha value is -1.30. The summed E-state index contributed by atoms with van der Waals surface area (Å²) in [4.78, 5) is 25.1. The van der Waals surface area contributed by atoms with Crippen LogP contribution in [0.5, 0.6) is 0 Å². The minimum Gasteiger partial charge on any atom is -0.469 e. The second kappa shape index (κ2) is 5.14. The predicted molar refractivity (Wildman–Crippen MR) is 65.9 cm³/mol. The zero-order valence-electron chi connectivity index (χ0n) is 11.6. The van der Waals surface area contributed by atoms with Crippen LogP contribution in [0.3, 0.4) is 0 Å². The summed E-state index contributed by atoms with van der Waals surface area (Å²) in [7, 11) is 1.32. The molecular weight excluding hydrogens is 236 g/mol. The van der Waals surface area contributed by atoms with Gasteiger partial charge in [0.15, 0.2) is 0 Å². The van der Waals surface area contributed by atoms with Gasteiger partial charge in [-0.2, -0.15) is 0 Å². The molecule has 1 aliphatic heterocycles. The van der Waals surface area contributed by atoms with Crippen molar-refractivity contribution in [2.75, 3.05) is 13.7 Å². The highest BCUT2D eigenvalue weighted by Crippen LogP contribution is 2.26. The molecule has 0 saturated carbocycles. The summed E-state index contributed by atoms with van der Waals surface area (Å²) in [5.41, 5.74) is 5.32. The summed E-state index contributed by atoms with van der Waals surface area (Å²) in [5, 5.41) is 0. The van der Waals surface area contributed by atoms with Crippen LogP contribution < -0.4 is 5.73 Å². The number of methoxy groups -OCH3 is 1. The van der Waals surface area contributed by atoms with Gasteiger partial charge in [-0.15, -0.1) is 0 Å². The second-order valence-electron chi connectivity index (χ2n) is 5.59. The molecule has 0 aliphatic carbocycles. The lowest BCUT2D eigenvalue weighted by atomic mass is 9.98. The highest BCUT2D eigenvalue weighted by atomic mass is 16.6. The first-order valence-electron chi connectivity index (χ1n) is 6.00. The van der Waals surface area contributed by atoms with Gasteiger partial charge in [0.05, 0.1) is 13.0 Å². The molecule has 1 aliphatic rings. The lowest BCUT2D eigenvalue weighted by Gasteiger charge is -2.27. The quantitative estimate of drug-likeness (QED) is 0.702. The van der Waals surface area contributed by atoms with E-state index in [1.807, 2.05) is 0 Å². The number of nitrogens with two attached hydrogens (primary N) is 1. The first kappa shape index (κ1) is 14.8. The van der Waals surface area contributed by atoms with E-state index >= 15 is 0 Å². The van der Waals surface area contributed by atoms with Crippen LogP contribution in [0.1, 0.15) is 27.7 Å². The van der Waals surface area contributed by atoms with Crippen molar-refractivity contribution in [3.63, 3.8) is 0 Å². The van der Waals surface area contributed by atoms with Gasteiger partial charge in [0.1, 0.15) is 5.60 Å². The standard InChI is InChI=1S/C12H22N2O4/c1-7-9(10(15)17-5)8(13)6-14(7)11(16)18-12(2,3)4/h7-9H,6,13H2,1-5H3. The first-order valence-corrected chi connectivity index (χ1v) is 6.00. The van der Waals surface area contributed by atoms with Crippen LogP contribution in [0, 0.1) is 5.92 Å². The van der Waals surface area contributed by atoms with Gasteiger partial charge >= 0.3 is 12.1 Å². The van der Waals surface area contributed by atoms with Gasteiger partial charge in [-0.3, -0.25) is 4.79 Å². The van der Waals surface area contributed by atoms with Crippen molar-refractivity contribution >= 4 is 12.1 Å². The molecule has 1 fully saturated rings. The average Bonchev–Trinajstić information content (AvgIpc) is 2.51. The first-order chi connectivity index (χ1) is 8.17. The zero-order valence-corrected chi connectivity index (χ0v) is 11.6. The van der Waals surface area contributed by atoms with Gasteiger partial charge in [0.2, 0.25) is 0 Å². The number of hydrogen-bond donors (Lipinski definition) is 1. The number of carbonyl (C=O) groups excluding carboxylic acids is 2. The number of amides is 1. The van der Waals surface area contributed by atoms with Crippen molar-refractivity contribution in [3.8, 4) is 0 Å². The Bertz CT molecular complexity index is 337. The van der Waals surface area contributed by atoms with Gasteiger partial charge in [0.25, 0.3) is 0 Å². The molecule has 104 valence electrons. The van der Waals surface area contributed by atoms with Crippen LogP contribution >= 0.6 is 0 Å². The van der Waals surface area contributed by atoms with E-state index in [2.05, 4.69) is 0 Å². The normalized spacial score (nSPS) is 28.1. The Balaban J connectivity index is 2.76. The van der Waals surface area contributed by atoms with E-state index in [4.69, 9.17) is 15.2 Å². The molecule has 6 heteroatoms. The average molecular weight is 258 g/mol. The second-order valence-corrected chi connectivity index (χ2v) is 5.59. The minimum absolute atomic E-state index is 0.301. The SMILES string of the molecule is COC(=O)C1C(N)CN(C(=O)OC(C)(C)C)C1C. The molecule has 3 atom stereocenters. The largest absolute Gasteiger partial charge is 0.469 e. The maximum absolute atomic E-state index is 12.0. The Labute approximate surface area is 107 Å². The molecular formula is C12H22N2O4. The molecule has 6 nitrogen and oxygen atoms in total. The third kappa shape index (κ3) is 3.13. The fraction of sp³-hybridized carbons (Fsp3) is 0.833. The predicted octanol–water partition coefficient (Wildman–Crippen LogP) is 0.742. The Morgan fingerprint density at radius 3 is 2.33 bits per heavy atom. The molecule has 0 bridgehead atoms. The maximum atomic E-state index is 12.0. The molecule has 0 aromatic carbocycles. The van der Waals surface area contributed by atoms with Crippen LogP contribution in [0.25, 0.3) is 0 Å². The molecule has 0 aromatic heterocycles.